The lowest BCUT2D eigenvalue weighted by Crippen LogP contribution is -2.45. The van der Waals surface area contributed by atoms with Gasteiger partial charge in [-0.1, -0.05) is 12.1 Å². The van der Waals surface area contributed by atoms with E-state index in [-0.39, 0.29) is 5.91 Å². The number of hydrogen-bond donors (Lipinski definition) is 1. The molecule has 2 aromatic carbocycles. The number of rotatable bonds is 7. The maximum absolute atomic E-state index is 12.3. The Hall–Kier alpha value is -3.25. The van der Waals surface area contributed by atoms with E-state index in [2.05, 4.69) is 27.2 Å². The van der Waals surface area contributed by atoms with E-state index in [4.69, 9.17) is 9.15 Å². The number of methoxy groups -OCH3 is 1. The van der Waals surface area contributed by atoms with Crippen LogP contribution in [0.1, 0.15) is 21.7 Å². The molecular weight excluding hydrogens is 378 g/mol. The SMILES string of the molecule is COc1ccc(N2CCN(Cc3ccc(C(=O)NCc4ccco4)cc3)CC2)cc1. The summed E-state index contributed by atoms with van der Waals surface area (Å²) in [5.41, 5.74) is 3.12. The third-order valence-electron chi connectivity index (χ3n) is 5.44. The number of benzene rings is 2. The van der Waals surface area contributed by atoms with Gasteiger partial charge in [-0.25, -0.2) is 0 Å². The molecule has 2 heterocycles. The standard InChI is InChI=1S/C24H27N3O3/c1-29-22-10-8-21(9-11-22)27-14-12-26(13-15-27)18-19-4-6-20(7-5-19)24(28)25-17-23-3-2-16-30-23/h2-11,16H,12-15,17-18H2,1H3,(H,25,28). The molecule has 0 spiro atoms. The van der Waals surface area contributed by atoms with Crippen molar-refractivity contribution in [1.82, 2.24) is 10.2 Å². The normalized spacial score (nSPS) is 14.5. The number of nitrogens with zero attached hydrogens (tertiary/aromatic N) is 2. The Balaban J connectivity index is 1.25. The van der Waals surface area contributed by atoms with Crippen LogP contribution in [0.5, 0.6) is 5.75 Å². The first-order valence-corrected chi connectivity index (χ1v) is 10.2. The van der Waals surface area contributed by atoms with Crippen molar-refractivity contribution < 1.29 is 13.9 Å². The van der Waals surface area contributed by atoms with Crippen molar-refractivity contribution in [3.8, 4) is 5.75 Å². The molecule has 1 amide bonds. The van der Waals surface area contributed by atoms with Crippen LogP contribution in [-0.2, 0) is 13.1 Å². The van der Waals surface area contributed by atoms with Gasteiger partial charge in [0.15, 0.2) is 0 Å². The Kier molecular flexibility index (Phi) is 6.35. The van der Waals surface area contributed by atoms with Crippen LogP contribution in [0.3, 0.4) is 0 Å². The second kappa shape index (κ2) is 9.50. The number of hydrogen-bond acceptors (Lipinski definition) is 5. The Labute approximate surface area is 177 Å². The van der Waals surface area contributed by atoms with Crippen molar-refractivity contribution in [2.75, 3.05) is 38.2 Å². The molecule has 1 aromatic heterocycles. The van der Waals surface area contributed by atoms with Gasteiger partial charge in [-0.2, -0.15) is 0 Å². The Morgan fingerprint density at radius 2 is 1.73 bits per heavy atom. The fourth-order valence-corrected chi connectivity index (χ4v) is 3.66. The Morgan fingerprint density at radius 3 is 2.37 bits per heavy atom. The highest BCUT2D eigenvalue weighted by Gasteiger charge is 2.17. The van der Waals surface area contributed by atoms with Gasteiger partial charge in [-0.15, -0.1) is 0 Å². The van der Waals surface area contributed by atoms with E-state index in [0.717, 1.165) is 44.2 Å². The largest absolute Gasteiger partial charge is 0.497 e. The fourth-order valence-electron chi connectivity index (χ4n) is 3.66. The number of ether oxygens (including phenoxy) is 1. The second-order valence-electron chi connectivity index (χ2n) is 7.42. The topological polar surface area (TPSA) is 58.0 Å². The monoisotopic (exact) mass is 405 g/mol. The van der Waals surface area contributed by atoms with E-state index in [0.29, 0.717) is 12.1 Å². The van der Waals surface area contributed by atoms with E-state index in [1.54, 1.807) is 13.4 Å². The van der Waals surface area contributed by atoms with Crippen LogP contribution in [0.2, 0.25) is 0 Å². The first kappa shape index (κ1) is 20.0. The summed E-state index contributed by atoms with van der Waals surface area (Å²) in [6, 6.07) is 19.8. The molecule has 6 nitrogen and oxygen atoms in total. The van der Waals surface area contributed by atoms with Crippen LogP contribution in [-0.4, -0.2) is 44.1 Å². The Bertz CT molecular complexity index is 929. The van der Waals surface area contributed by atoms with Gasteiger partial charge >= 0.3 is 0 Å². The molecule has 0 atom stereocenters. The molecule has 3 aromatic rings. The van der Waals surface area contributed by atoms with Crippen LogP contribution in [0.25, 0.3) is 0 Å². The molecular formula is C24H27N3O3. The molecule has 0 bridgehead atoms. The lowest BCUT2D eigenvalue weighted by atomic mass is 10.1. The number of amides is 1. The molecule has 0 saturated carbocycles. The van der Waals surface area contributed by atoms with Crippen molar-refractivity contribution in [2.24, 2.45) is 0 Å². The van der Waals surface area contributed by atoms with Crippen LogP contribution in [0.4, 0.5) is 5.69 Å². The molecule has 156 valence electrons. The number of anilines is 1. The quantitative estimate of drug-likeness (QED) is 0.652. The van der Waals surface area contributed by atoms with Crippen molar-refractivity contribution in [2.45, 2.75) is 13.1 Å². The number of carbonyl (C=O) groups excluding carboxylic acids is 1. The average molecular weight is 405 g/mol. The fraction of sp³-hybridized carbons (Fsp3) is 0.292. The van der Waals surface area contributed by atoms with Crippen LogP contribution in [0.15, 0.2) is 71.3 Å². The van der Waals surface area contributed by atoms with Gasteiger partial charge in [-0.3, -0.25) is 9.69 Å². The van der Waals surface area contributed by atoms with Gasteiger partial charge in [0.25, 0.3) is 5.91 Å². The predicted octanol–water partition coefficient (Wildman–Crippen LogP) is 3.54. The van der Waals surface area contributed by atoms with E-state index < -0.39 is 0 Å². The van der Waals surface area contributed by atoms with Crippen molar-refractivity contribution in [1.29, 1.82) is 0 Å². The zero-order valence-electron chi connectivity index (χ0n) is 17.2. The van der Waals surface area contributed by atoms with Gasteiger partial charge in [0.1, 0.15) is 11.5 Å². The van der Waals surface area contributed by atoms with E-state index in [1.807, 2.05) is 48.5 Å². The van der Waals surface area contributed by atoms with Gasteiger partial charge in [0.2, 0.25) is 0 Å². The summed E-state index contributed by atoms with van der Waals surface area (Å²) in [6.45, 7) is 5.31. The lowest BCUT2D eigenvalue weighted by molar-refractivity contribution is 0.0948. The molecule has 1 aliphatic rings. The van der Waals surface area contributed by atoms with Gasteiger partial charge in [0, 0.05) is 44.0 Å². The number of carbonyl (C=O) groups is 1. The Morgan fingerprint density at radius 1 is 1.00 bits per heavy atom. The van der Waals surface area contributed by atoms with Crippen LogP contribution >= 0.6 is 0 Å². The third-order valence-corrected chi connectivity index (χ3v) is 5.44. The first-order chi connectivity index (χ1) is 14.7. The minimum Gasteiger partial charge on any atom is -0.497 e. The van der Waals surface area contributed by atoms with Crippen molar-refractivity contribution in [3.63, 3.8) is 0 Å². The smallest absolute Gasteiger partial charge is 0.251 e. The second-order valence-corrected chi connectivity index (χ2v) is 7.42. The summed E-state index contributed by atoms with van der Waals surface area (Å²) >= 11 is 0. The van der Waals surface area contributed by atoms with Gasteiger partial charge < -0.3 is 19.4 Å². The lowest BCUT2D eigenvalue weighted by Gasteiger charge is -2.36. The predicted molar refractivity (Wildman–Crippen MR) is 117 cm³/mol. The summed E-state index contributed by atoms with van der Waals surface area (Å²) in [7, 11) is 1.69. The molecule has 0 radical (unpaired) electrons. The van der Waals surface area contributed by atoms with Gasteiger partial charge in [0.05, 0.1) is 19.9 Å². The molecule has 4 rings (SSSR count). The maximum atomic E-state index is 12.3. The summed E-state index contributed by atoms with van der Waals surface area (Å²) < 4.78 is 10.5. The highest BCUT2D eigenvalue weighted by Crippen LogP contribution is 2.21. The minimum absolute atomic E-state index is 0.0916. The van der Waals surface area contributed by atoms with E-state index >= 15 is 0 Å². The molecule has 1 saturated heterocycles. The zero-order chi connectivity index (χ0) is 20.8. The molecule has 6 heteroatoms. The average Bonchev–Trinajstić information content (AvgIpc) is 3.32. The maximum Gasteiger partial charge on any atom is 0.251 e. The molecule has 1 N–H and O–H groups in total. The summed E-state index contributed by atoms with van der Waals surface area (Å²) in [5.74, 6) is 1.54. The summed E-state index contributed by atoms with van der Waals surface area (Å²) in [6.07, 6.45) is 1.60. The third kappa shape index (κ3) is 5.02. The van der Waals surface area contributed by atoms with Crippen LogP contribution in [0, 0.1) is 0 Å². The van der Waals surface area contributed by atoms with Gasteiger partial charge in [-0.05, 0) is 54.1 Å². The van der Waals surface area contributed by atoms with Crippen molar-refractivity contribution >= 4 is 11.6 Å². The molecule has 1 aliphatic heterocycles. The zero-order valence-corrected chi connectivity index (χ0v) is 17.2. The molecule has 30 heavy (non-hydrogen) atoms. The van der Waals surface area contributed by atoms with E-state index in [9.17, 15) is 4.79 Å². The minimum atomic E-state index is -0.0916. The highest BCUT2D eigenvalue weighted by molar-refractivity contribution is 5.94. The highest BCUT2D eigenvalue weighted by atomic mass is 16.5. The molecule has 1 fully saturated rings. The van der Waals surface area contributed by atoms with Crippen LogP contribution < -0.4 is 15.0 Å². The number of nitrogens with one attached hydrogen (secondary N) is 1. The first-order valence-electron chi connectivity index (χ1n) is 10.2. The molecule has 0 unspecified atom stereocenters. The molecule has 0 aliphatic carbocycles. The van der Waals surface area contributed by atoms with Crippen molar-refractivity contribution in [3.05, 3.63) is 83.8 Å². The number of piperazine rings is 1. The summed E-state index contributed by atoms with van der Waals surface area (Å²) in [4.78, 5) is 17.1. The van der Waals surface area contributed by atoms with E-state index in [1.165, 1.54) is 11.3 Å². The summed E-state index contributed by atoms with van der Waals surface area (Å²) in [5, 5.41) is 2.87. The number of furan rings is 1.